The Morgan fingerprint density at radius 2 is 2.21 bits per heavy atom. The number of anilines is 1. The highest BCUT2D eigenvalue weighted by Gasteiger charge is 2.28. The summed E-state index contributed by atoms with van der Waals surface area (Å²) in [4.78, 5) is 0. The average molecular weight is 193 g/mol. The summed E-state index contributed by atoms with van der Waals surface area (Å²) < 4.78 is 11.1. The first-order chi connectivity index (χ1) is 6.62. The van der Waals surface area contributed by atoms with Crippen molar-refractivity contribution in [3.63, 3.8) is 0 Å². The van der Waals surface area contributed by atoms with E-state index >= 15 is 0 Å². The molecule has 1 N–H and O–H groups in total. The van der Waals surface area contributed by atoms with Gasteiger partial charge >= 0.3 is 0 Å². The molecule has 1 aliphatic heterocycles. The van der Waals surface area contributed by atoms with E-state index in [2.05, 4.69) is 19.2 Å². The first-order valence-corrected chi connectivity index (χ1v) is 4.72. The molecule has 3 heteroatoms. The van der Waals surface area contributed by atoms with Crippen LogP contribution in [-0.2, 0) is 0 Å². The van der Waals surface area contributed by atoms with E-state index in [0.717, 1.165) is 23.7 Å². The van der Waals surface area contributed by atoms with Crippen molar-refractivity contribution < 1.29 is 9.47 Å². The Morgan fingerprint density at radius 1 is 1.43 bits per heavy atom. The van der Waals surface area contributed by atoms with Crippen LogP contribution in [-0.4, -0.2) is 19.3 Å². The average Bonchev–Trinajstić information content (AvgIpc) is 2.15. The van der Waals surface area contributed by atoms with E-state index < -0.39 is 0 Å². The zero-order valence-electron chi connectivity index (χ0n) is 8.76. The molecule has 0 radical (unpaired) electrons. The third-order valence-corrected chi connectivity index (χ3v) is 2.28. The van der Waals surface area contributed by atoms with E-state index in [4.69, 9.17) is 9.47 Å². The Bertz CT molecular complexity index is 333. The van der Waals surface area contributed by atoms with Gasteiger partial charge < -0.3 is 14.8 Å². The van der Waals surface area contributed by atoms with Gasteiger partial charge in [0.25, 0.3) is 0 Å². The van der Waals surface area contributed by atoms with Crippen LogP contribution < -0.4 is 14.8 Å². The van der Waals surface area contributed by atoms with Crippen LogP contribution in [0.5, 0.6) is 11.5 Å². The van der Waals surface area contributed by atoms with E-state index in [0.29, 0.717) is 0 Å². The lowest BCUT2D eigenvalue weighted by Gasteiger charge is -2.34. The Hall–Kier alpha value is -1.38. The van der Waals surface area contributed by atoms with Crippen molar-refractivity contribution in [2.75, 3.05) is 19.0 Å². The smallest absolute Gasteiger partial charge is 0.185 e. The molecule has 1 aliphatic rings. The molecule has 14 heavy (non-hydrogen) atoms. The van der Waals surface area contributed by atoms with Crippen molar-refractivity contribution in [3.8, 4) is 11.5 Å². The fraction of sp³-hybridized carbons (Fsp3) is 0.455. The number of fused-ring (bicyclic) bond motifs is 1. The van der Waals surface area contributed by atoms with Crippen LogP contribution in [0.25, 0.3) is 0 Å². The third-order valence-electron chi connectivity index (χ3n) is 2.28. The molecule has 0 atom stereocenters. The maximum Gasteiger partial charge on any atom is 0.185 e. The van der Waals surface area contributed by atoms with Crippen LogP contribution in [0.1, 0.15) is 13.8 Å². The molecule has 0 saturated heterocycles. The third kappa shape index (κ3) is 1.50. The predicted octanol–water partition coefficient (Wildman–Crippen LogP) is 2.28. The molecule has 0 amide bonds. The van der Waals surface area contributed by atoms with Gasteiger partial charge in [-0.3, -0.25) is 0 Å². The largest absolute Gasteiger partial charge is 0.493 e. The van der Waals surface area contributed by atoms with Gasteiger partial charge in [-0.25, -0.2) is 0 Å². The fourth-order valence-corrected chi connectivity index (χ4v) is 1.54. The summed E-state index contributed by atoms with van der Waals surface area (Å²) in [7, 11) is 1.65. The van der Waals surface area contributed by atoms with E-state index in [9.17, 15) is 0 Å². The van der Waals surface area contributed by atoms with E-state index in [1.54, 1.807) is 7.11 Å². The molecule has 1 aromatic carbocycles. The minimum atomic E-state index is -0.179. The van der Waals surface area contributed by atoms with Crippen LogP contribution in [0.15, 0.2) is 18.2 Å². The molecule has 0 aliphatic carbocycles. The van der Waals surface area contributed by atoms with Crippen LogP contribution in [0.2, 0.25) is 0 Å². The summed E-state index contributed by atoms with van der Waals surface area (Å²) in [5.74, 6) is 1.59. The minimum absolute atomic E-state index is 0.179. The number of methoxy groups -OCH3 is 1. The molecule has 0 saturated carbocycles. The highest BCUT2D eigenvalue weighted by Crippen LogP contribution is 2.40. The van der Waals surface area contributed by atoms with Gasteiger partial charge in [-0.2, -0.15) is 0 Å². The summed E-state index contributed by atoms with van der Waals surface area (Å²) in [6.07, 6.45) is 0. The molecule has 2 rings (SSSR count). The molecule has 1 heterocycles. The van der Waals surface area contributed by atoms with Gasteiger partial charge in [0.05, 0.1) is 19.3 Å². The SMILES string of the molecule is COc1cccc2c1OC(C)(C)CN2. The van der Waals surface area contributed by atoms with Crippen LogP contribution in [0, 0.1) is 0 Å². The Balaban J connectivity index is 2.43. The van der Waals surface area contributed by atoms with E-state index in [1.165, 1.54) is 0 Å². The molecule has 3 nitrogen and oxygen atoms in total. The second kappa shape index (κ2) is 3.08. The van der Waals surface area contributed by atoms with Gasteiger partial charge in [-0.05, 0) is 26.0 Å². The maximum atomic E-state index is 5.85. The Labute approximate surface area is 84.0 Å². The number of rotatable bonds is 1. The summed E-state index contributed by atoms with van der Waals surface area (Å²) in [5, 5.41) is 3.32. The second-order valence-corrected chi connectivity index (χ2v) is 4.05. The Kier molecular flexibility index (Phi) is 2.02. The van der Waals surface area contributed by atoms with Gasteiger partial charge in [0.15, 0.2) is 11.5 Å². The van der Waals surface area contributed by atoms with Crippen molar-refractivity contribution in [2.45, 2.75) is 19.4 Å². The summed E-state index contributed by atoms with van der Waals surface area (Å²) >= 11 is 0. The van der Waals surface area contributed by atoms with Gasteiger partial charge in [0.2, 0.25) is 0 Å². The molecular formula is C11H15NO2. The van der Waals surface area contributed by atoms with Gasteiger partial charge in [0, 0.05) is 0 Å². The fourth-order valence-electron chi connectivity index (χ4n) is 1.54. The summed E-state index contributed by atoms with van der Waals surface area (Å²) in [5.41, 5.74) is 0.824. The van der Waals surface area contributed by atoms with E-state index in [1.807, 2.05) is 18.2 Å². The Morgan fingerprint density at radius 3 is 2.93 bits per heavy atom. The topological polar surface area (TPSA) is 30.5 Å². The predicted molar refractivity (Wildman–Crippen MR) is 56.2 cm³/mol. The number of nitrogens with one attached hydrogen (secondary N) is 1. The monoisotopic (exact) mass is 193 g/mol. The molecule has 0 fully saturated rings. The lowest BCUT2D eigenvalue weighted by Crippen LogP contribution is -2.40. The highest BCUT2D eigenvalue weighted by molar-refractivity contribution is 5.64. The number of benzene rings is 1. The lowest BCUT2D eigenvalue weighted by atomic mass is 10.1. The van der Waals surface area contributed by atoms with Gasteiger partial charge in [0.1, 0.15) is 5.60 Å². The first-order valence-electron chi connectivity index (χ1n) is 4.72. The normalized spacial score (nSPS) is 17.6. The van der Waals surface area contributed by atoms with Crippen LogP contribution >= 0.6 is 0 Å². The molecule has 0 unspecified atom stereocenters. The standard InChI is InChI=1S/C11H15NO2/c1-11(2)7-12-8-5-4-6-9(13-3)10(8)14-11/h4-6,12H,7H2,1-3H3. The quantitative estimate of drug-likeness (QED) is 0.742. The summed E-state index contributed by atoms with van der Waals surface area (Å²) in [6.45, 7) is 4.91. The lowest BCUT2D eigenvalue weighted by molar-refractivity contribution is 0.111. The molecule has 1 aromatic rings. The van der Waals surface area contributed by atoms with Gasteiger partial charge in [-0.1, -0.05) is 6.07 Å². The van der Waals surface area contributed by atoms with Crippen LogP contribution in [0.4, 0.5) is 5.69 Å². The van der Waals surface area contributed by atoms with Gasteiger partial charge in [-0.15, -0.1) is 0 Å². The highest BCUT2D eigenvalue weighted by atomic mass is 16.5. The molecular weight excluding hydrogens is 178 g/mol. The molecule has 76 valence electrons. The second-order valence-electron chi connectivity index (χ2n) is 4.05. The van der Waals surface area contributed by atoms with E-state index in [-0.39, 0.29) is 5.60 Å². The van der Waals surface area contributed by atoms with Crippen molar-refractivity contribution in [2.24, 2.45) is 0 Å². The van der Waals surface area contributed by atoms with Crippen molar-refractivity contribution >= 4 is 5.69 Å². The zero-order chi connectivity index (χ0) is 10.2. The first kappa shape index (κ1) is 9.19. The maximum absolute atomic E-state index is 5.85. The zero-order valence-corrected chi connectivity index (χ0v) is 8.76. The van der Waals surface area contributed by atoms with Crippen molar-refractivity contribution in [1.82, 2.24) is 0 Å². The number of ether oxygens (including phenoxy) is 2. The molecule has 0 bridgehead atoms. The van der Waals surface area contributed by atoms with Crippen LogP contribution in [0.3, 0.4) is 0 Å². The number of para-hydroxylation sites is 1. The van der Waals surface area contributed by atoms with Crippen molar-refractivity contribution in [1.29, 1.82) is 0 Å². The molecule has 0 spiro atoms. The molecule has 0 aromatic heterocycles. The number of hydrogen-bond donors (Lipinski definition) is 1. The number of hydrogen-bond acceptors (Lipinski definition) is 3. The summed E-state index contributed by atoms with van der Waals surface area (Å²) in [6, 6.07) is 5.85. The minimum Gasteiger partial charge on any atom is -0.493 e. The van der Waals surface area contributed by atoms with Crippen molar-refractivity contribution in [3.05, 3.63) is 18.2 Å².